The fourth-order valence-electron chi connectivity index (χ4n) is 6.36. The van der Waals surface area contributed by atoms with Crippen molar-refractivity contribution in [3.8, 4) is 17.2 Å². The Morgan fingerprint density at radius 2 is 1.82 bits per heavy atom. The van der Waals surface area contributed by atoms with E-state index in [4.69, 9.17) is 4.74 Å². The summed E-state index contributed by atoms with van der Waals surface area (Å²) in [6, 6.07) is 0. The molecule has 2 N–H and O–H groups in total. The van der Waals surface area contributed by atoms with Crippen LogP contribution in [-0.2, 0) is 0 Å². The molecule has 0 aromatic heterocycles. The van der Waals surface area contributed by atoms with E-state index in [2.05, 4.69) is 27.7 Å². The second kappa shape index (κ2) is 6.23. The zero-order valence-corrected chi connectivity index (χ0v) is 17.1. The number of hydrogen-bond acceptors (Lipinski definition) is 5. The van der Waals surface area contributed by atoms with Crippen molar-refractivity contribution in [1.29, 1.82) is 0 Å². The summed E-state index contributed by atoms with van der Waals surface area (Å²) in [5, 5.41) is 21.3. The molecule has 5 heteroatoms. The van der Waals surface area contributed by atoms with Crippen molar-refractivity contribution in [1.82, 2.24) is 0 Å². The maximum atomic E-state index is 11.9. The standard InChI is InChI=1S/C23H30O5/c1-12(2)7-13-9-23(6-5-14-8-17(23)22(14,3)4)28-21-16(11-25)19(26)15(10-24)20(27)18(13)21/h10-14,17,26-27H,5-9H2,1-4H3/t13-,14-,17-,23+/m1/s1. The van der Waals surface area contributed by atoms with E-state index < -0.39 is 5.75 Å². The van der Waals surface area contributed by atoms with Crippen LogP contribution >= 0.6 is 0 Å². The lowest BCUT2D eigenvalue weighted by Gasteiger charge is -2.66. The van der Waals surface area contributed by atoms with Crippen LogP contribution in [0.3, 0.4) is 0 Å². The van der Waals surface area contributed by atoms with Gasteiger partial charge in [0.05, 0.1) is 11.1 Å². The normalized spacial score (nSPS) is 32.4. The summed E-state index contributed by atoms with van der Waals surface area (Å²) in [4.78, 5) is 23.4. The topological polar surface area (TPSA) is 83.8 Å². The van der Waals surface area contributed by atoms with Crippen LogP contribution in [-0.4, -0.2) is 28.4 Å². The number of rotatable bonds is 4. The highest BCUT2D eigenvalue weighted by Crippen LogP contribution is 2.67. The molecule has 1 aromatic carbocycles. The molecule has 0 saturated heterocycles. The molecule has 5 nitrogen and oxygen atoms in total. The largest absolute Gasteiger partial charge is 0.507 e. The first-order chi connectivity index (χ1) is 13.2. The molecule has 1 aliphatic heterocycles. The van der Waals surface area contributed by atoms with E-state index in [1.165, 1.54) is 0 Å². The number of phenolic OH excluding ortho intramolecular Hbond substituents is 2. The van der Waals surface area contributed by atoms with Gasteiger partial charge in [-0.3, -0.25) is 9.59 Å². The first kappa shape index (κ1) is 19.3. The number of fused-ring (bicyclic) bond motifs is 2. The van der Waals surface area contributed by atoms with Crippen molar-refractivity contribution in [2.75, 3.05) is 0 Å². The molecule has 3 saturated carbocycles. The summed E-state index contributed by atoms with van der Waals surface area (Å²) in [6.45, 7) is 8.86. The molecule has 1 spiro atoms. The monoisotopic (exact) mass is 386 g/mol. The molecular weight excluding hydrogens is 356 g/mol. The Hall–Kier alpha value is -2.04. The van der Waals surface area contributed by atoms with Crippen LogP contribution < -0.4 is 4.74 Å². The Morgan fingerprint density at radius 1 is 1.14 bits per heavy atom. The molecule has 4 aliphatic rings. The molecule has 1 aromatic rings. The summed E-state index contributed by atoms with van der Waals surface area (Å²) in [7, 11) is 0. The van der Waals surface area contributed by atoms with Crippen LogP contribution in [0.5, 0.6) is 17.2 Å². The third-order valence-electron chi connectivity index (χ3n) is 7.83. The van der Waals surface area contributed by atoms with Gasteiger partial charge in [0, 0.05) is 11.5 Å². The van der Waals surface area contributed by atoms with Crippen molar-refractivity contribution in [2.45, 2.75) is 71.3 Å². The Morgan fingerprint density at radius 3 is 2.36 bits per heavy atom. The Labute approximate surface area is 166 Å². The molecule has 0 unspecified atom stereocenters. The average Bonchev–Trinajstić information content (AvgIpc) is 2.61. The van der Waals surface area contributed by atoms with E-state index in [0.717, 1.165) is 32.1 Å². The molecule has 0 amide bonds. The van der Waals surface area contributed by atoms with Crippen LogP contribution in [0, 0.1) is 23.2 Å². The van der Waals surface area contributed by atoms with E-state index in [9.17, 15) is 19.8 Å². The maximum Gasteiger partial charge on any atom is 0.157 e. The smallest absolute Gasteiger partial charge is 0.157 e. The SMILES string of the molecule is CC(C)C[C@@H]1C[C@]2(CC[C@@H]3C[C@@H]2C3(C)C)Oc2c(C=O)c(O)c(C=O)c(O)c21. The second-order valence-corrected chi connectivity index (χ2v) is 10.0. The van der Waals surface area contributed by atoms with E-state index in [1.54, 1.807) is 0 Å². The molecule has 0 radical (unpaired) electrons. The fraction of sp³-hybridized carbons (Fsp3) is 0.652. The van der Waals surface area contributed by atoms with E-state index >= 15 is 0 Å². The lowest BCUT2D eigenvalue weighted by molar-refractivity contribution is -0.199. The Balaban J connectivity index is 1.91. The van der Waals surface area contributed by atoms with Gasteiger partial charge in [0.1, 0.15) is 22.8 Å². The number of hydrogen-bond donors (Lipinski definition) is 2. The number of carbonyl (C=O) groups is 2. The third-order valence-corrected chi connectivity index (χ3v) is 7.83. The molecule has 5 rings (SSSR count). The van der Waals surface area contributed by atoms with E-state index in [0.29, 0.717) is 35.9 Å². The van der Waals surface area contributed by atoms with Gasteiger partial charge in [-0.1, -0.05) is 27.7 Å². The number of aldehydes is 2. The van der Waals surface area contributed by atoms with E-state index in [1.807, 2.05) is 0 Å². The first-order valence-electron chi connectivity index (χ1n) is 10.4. The molecule has 4 atom stereocenters. The number of ether oxygens (including phenoxy) is 1. The summed E-state index contributed by atoms with van der Waals surface area (Å²) in [5.74, 6) is 1.02. The van der Waals surface area contributed by atoms with Crippen LogP contribution in [0.2, 0.25) is 0 Å². The lowest BCUT2D eigenvalue weighted by Crippen LogP contribution is -2.65. The highest BCUT2D eigenvalue weighted by molar-refractivity contribution is 5.95. The predicted octanol–water partition coefficient (Wildman–Crippen LogP) is 4.83. The second-order valence-electron chi connectivity index (χ2n) is 10.0. The number of benzene rings is 1. The minimum atomic E-state index is -0.483. The molecule has 3 fully saturated rings. The van der Waals surface area contributed by atoms with Gasteiger partial charge in [-0.05, 0) is 55.3 Å². The van der Waals surface area contributed by atoms with Crippen LogP contribution in [0.15, 0.2) is 0 Å². The summed E-state index contributed by atoms with van der Waals surface area (Å²) >= 11 is 0. The van der Waals surface area contributed by atoms with Crippen LogP contribution in [0.25, 0.3) is 0 Å². The summed E-state index contributed by atoms with van der Waals surface area (Å²) in [5.41, 5.74) is 0.0839. The number of aromatic hydroxyl groups is 2. The third kappa shape index (κ3) is 2.44. The highest BCUT2D eigenvalue weighted by Gasteiger charge is 2.64. The zero-order chi connectivity index (χ0) is 20.4. The van der Waals surface area contributed by atoms with Gasteiger partial charge in [0.15, 0.2) is 12.6 Å². The van der Waals surface area contributed by atoms with Crippen LogP contribution in [0.4, 0.5) is 0 Å². The van der Waals surface area contributed by atoms with Crippen molar-refractivity contribution in [3.05, 3.63) is 16.7 Å². The van der Waals surface area contributed by atoms with Gasteiger partial charge in [-0.25, -0.2) is 0 Å². The van der Waals surface area contributed by atoms with Crippen molar-refractivity contribution in [2.24, 2.45) is 23.2 Å². The van der Waals surface area contributed by atoms with Gasteiger partial charge in [0.25, 0.3) is 0 Å². The summed E-state index contributed by atoms with van der Waals surface area (Å²) < 4.78 is 6.57. The summed E-state index contributed by atoms with van der Waals surface area (Å²) in [6.07, 6.45) is 5.69. The number of phenols is 2. The maximum absolute atomic E-state index is 11.9. The fourth-order valence-corrected chi connectivity index (χ4v) is 6.36. The molecule has 1 heterocycles. The van der Waals surface area contributed by atoms with E-state index in [-0.39, 0.29) is 39.6 Å². The van der Waals surface area contributed by atoms with Gasteiger partial charge in [-0.15, -0.1) is 0 Å². The zero-order valence-electron chi connectivity index (χ0n) is 17.1. The predicted molar refractivity (Wildman–Crippen MR) is 105 cm³/mol. The average molecular weight is 386 g/mol. The van der Waals surface area contributed by atoms with Crippen LogP contribution in [0.1, 0.15) is 92.0 Å². The lowest BCUT2D eigenvalue weighted by atomic mass is 9.42. The first-order valence-corrected chi connectivity index (χ1v) is 10.4. The van der Waals surface area contributed by atoms with Crippen molar-refractivity contribution >= 4 is 12.6 Å². The highest BCUT2D eigenvalue weighted by atomic mass is 16.5. The van der Waals surface area contributed by atoms with Gasteiger partial charge < -0.3 is 14.9 Å². The minimum absolute atomic E-state index is 0.0121. The molecule has 152 valence electrons. The molecule has 3 aliphatic carbocycles. The van der Waals surface area contributed by atoms with Crippen molar-refractivity contribution < 1.29 is 24.5 Å². The van der Waals surface area contributed by atoms with Gasteiger partial charge in [0.2, 0.25) is 0 Å². The Bertz CT molecular complexity index is 838. The quantitative estimate of drug-likeness (QED) is 0.724. The minimum Gasteiger partial charge on any atom is -0.507 e. The number of carbonyl (C=O) groups excluding carboxylic acids is 2. The van der Waals surface area contributed by atoms with Gasteiger partial charge >= 0.3 is 0 Å². The molecule has 2 bridgehead atoms. The molecule has 28 heavy (non-hydrogen) atoms. The van der Waals surface area contributed by atoms with Gasteiger partial charge in [-0.2, -0.15) is 0 Å². The van der Waals surface area contributed by atoms with Crippen molar-refractivity contribution in [3.63, 3.8) is 0 Å². The molecular formula is C23H30O5. The Kier molecular flexibility index (Phi) is 4.29.